The van der Waals surface area contributed by atoms with Crippen molar-refractivity contribution in [2.24, 2.45) is 0 Å². The number of barbiturate groups is 1. The highest BCUT2D eigenvalue weighted by Gasteiger charge is 2.37. The van der Waals surface area contributed by atoms with Gasteiger partial charge in [-0.15, -0.1) is 0 Å². The second kappa shape index (κ2) is 11.0. The van der Waals surface area contributed by atoms with E-state index in [4.69, 9.17) is 39.5 Å². The minimum absolute atomic E-state index is 0.117. The van der Waals surface area contributed by atoms with Gasteiger partial charge in [-0.3, -0.25) is 14.9 Å². The Hall–Kier alpha value is -3.85. The number of hydrogen-bond donors (Lipinski definition) is 1. The Morgan fingerprint density at radius 1 is 0.946 bits per heavy atom. The molecule has 1 aliphatic rings. The first-order valence-electron chi connectivity index (χ1n) is 10.6. The summed E-state index contributed by atoms with van der Waals surface area (Å²) >= 11 is 18.9. The van der Waals surface area contributed by atoms with Crippen LogP contribution in [0.5, 0.6) is 5.75 Å². The van der Waals surface area contributed by atoms with Crippen LogP contribution in [-0.2, 0) is 20.9 Å². The Morgan fingerprint density at radius 3 is 2.22 bits per heavy atom. The average molecular weight is 560 g/mol. The third-order valence-electron chi connectivity index (χ3n) is 5.31. The number of urea groups is 1. The van der Waals surface area contributed by atoms with E-state index in [1.807, 2.05) is 6.07 Å². The maximum Gasteiger partial charge on any atom is 0.337 e. The van der Waals surface area contributed by atoms with E-state index in [0.29, 0.717) is 10.6 Å². The number of anilines is 1. The van der Waals surface area contributed by atoms with Crippen LogP contribution in [0.2, 0.25) is 15.1 Å². The third-order valence-corrected chi connectivity index (χ3v) is 6.24. The van der Waals surface area contributed by atoms with Crippen molar-refractivity contribution in [3.05, 3.63) is 98.0 Å². The van der Waals surface area contributed by atoms with E-state index in [-0.39, 0.29) is 39.2 Å². The second-order valence-corrected chi connectivity index (χ2v) is 8.91. The van der Waals surface area contributed by atoms with Crippen LogP contribution in [0, 0.1) is 0 Å². The van der Waals surface area contributed by atoms with Crippen LogP contribution >= 0.6 is 34.8 Å². The van der Waals surface area contributed by atoms with Gasteiger partial charge in [0.15, 0.2) is 5.75 Å². The van der Waals surface area contributed by atoms with E-state index in [1.165, 1.54) is 49.6 Å². The standard InChI is InChI=1S/C26H17Cl3N2O6/c1-36-25(34)15-6-8-17(9-7-15)31-24(33)18(23(32)30-26(31)35)10-14-11-20(28)22(21(29)12-14)37-13-16-4-2-3-5-19(16)27/h2-12H,13H2,1H3,(H,30,32,35)/b18-10+. The summed E-state index contributed by atoms with van der Waals surface area (Å²) in [4.78, 5) is 50.5. The summed E-state index contributed by atoms with van der Waals surface area (Å²) in [5.41, 5.74) is 1.11. The number of methoxy groups -OCH3 is 1. The van der Waals surface area contributed by atoms with Crippen molar-refractivity contribution in [1.82, 2.24) is 5.32 Å². The van der Waals surface area contributed by atoms with E-state index in [1.54, 1.807) is 18.2 Å². The second-order valence-electron chi connectivity index (χ2n) is 7.69. The first-order chi connectivity index (χ1) is 17.7. The molecule has 1 aliphatic heterocycles. The van der Waals surface area contributed by atoms with Crippen LogP contribution < -0.4 is 15.0 Å². The van der Waals surface area contributed by atoms with Gasteiger partial charge in [-0.2, -0.15) is 0 Å². The molecular weight excluding hydrogens is 543 g/mol. The SMILES string of the molecule is COC(=O)c1ccc(N2C(=O)NC(=O)/C(=C\c3cc(Cl)c(OCc4ccccc4Cl)c(Cl)c3)C2=O)cc1. The number of esters is 1. The van der Waals surface area contributed by atoms with Gasteiger partial charge in [-0.1, -0.05) is 53.0 Å². The molecular formula is C26H17Cl3N2O6. The van der Waals surface area contributed by atoms with E-state index >= 15 is 0 Å². The Kier molecular flexibility index (Phi) is 7.83. The summed E-state index contributed by atoms with van der Waals surface area (Å²) in [7, 11) is 1.23. The van der Waals surface area contributed by atoms with Gasteiger partial charge in [-0.25, -0.2) is 14.5 Å². The van der Waals surface area contributed by atoms with Gasteiger partial charge < -0.3 is 9.47 Å². The number of hydrogen-bond acceptors (Lipinski definition) is 6. The monoisotopic (exact) mass is 558 g/mol. The zero-order valence-electron chi connectivity index (χ0n) is 19.1. The van der Waals surface area contributed by atoms with Crippen molar-refractivity contribution in [1.29, 1.82) is 0 Å². The highest BCUT2D eigenvalue weighted by molar-refractivity contribution is 6.40. The summed E-state index contributed by atoms with van der Waals surface area (Å²) in [5.74, 6) is -2.13. The molecule has 3 aromatic carbocycles. The molecule has 0 unspecified atom stereocenters. The topological polar surface area (TPSA) is 102 Å². The lowest BCUT2D eigenvalue weighted by Gasteiger charge is -2.26. The first kappa shape index (κ1) is 26.2. The average Bonchev–Trinajstić information content (AvgIpc) is 2.87. The summed E-state index contributed by atoms with van der Waals surface area (Å²) < 4.78 is 10.4. The normalized spacial score (nSPS) is 14.5. The summed E-state index contributed by atoms with van der Waals surface area (Å²) in [6.07, 6.45) is 1.26. The lowest BCUT2D eigenvalue weighted by Crippen LogP contribution is -2.54. The molecule has 0 atom stereocenters. The van der Waals surface area contributed by atoms with Crippen molar-refractivity contribution in [2.75, 3.05) is 12.0 Å². The predicted octanol–water partition coefficient (Wildman–Crippen LogP) is 5.68. The molecule has 1 saturated heterocycles. The van der Waals surface area contributed by atoms with Crippen molar-refractivity contribution >= 4 is 70.4 Å². The van der Waals surface area contributed by atoms with Crippen LogP contribution in [0.25, 0.3) is 6.08 Å². The van der Waals surface area contributed by atoms with E-state index < -0.39 is 23.8 Å². The lowest BCUT2D eigenvalue weighted by atomic mass is 10.1. The van der Waals surface area contributed by atoms with Crippen LogP contribution in [0.3, 0.4) is 0 Å². The molecule has 11 heteroatoms. The first-order valence-corrected chi connectivity index (χ1v) is 11.8. The smallest absolute Gasteiger partial charge is 0.337 e. The fourth-order valence-electron chi connectivity index (χ4n) is 3.49. The van der Waals surface area contributed by atoms with Crippen LogP contribution in [0.1, 0.15) is 21.5 Å². The largest absolute Gasteiger partial charge is 0.486 e. The molecule has 1 N–H and O–H groups in total. The van der Waals surface area contributed by atoms with Gasteiger partial charge in [0.1, 0.15) is 12.2 Å². The van der Waals surface area contributed by atoms with Crippen LogP contribution in [0.4, 0.5) is 10.5 Å². The summed E-state index contributed by atoms with van der Waals surface area (Å²) in [5, 5.41) is 2.93. The maximum atomic E-state index is 13.1. The van der Waals surface area contributed by atoms with Gasteiger partial charge in [-0.05, 0) is 54.1 Å². The number of carbonyl (C=O) groups is 4. The Bertz CT molecular complexity index is 1430. The van der Waals surface area contributed by atoms with E-state index in [2.05, 4.69) is 10.1 Å². The zero-order valence-corrected chi connectivity index (χ0v) is 21.4. The lowest BCUT2D eigenvalue weighted by molar-refractivity contribution is -0.122. The van der Waals surface area contributed by atoms with E-state index in [0.717, 1.165) is 10.5 Å². The Labute approximate surface area is 226 Å². The van der Waals surface area contributed by atoms with Crippen LogP contribution in [0.15, 0.2) is 66.2 Å². The molecule has 8 nitrogen and oxygen atoms in total. The van der Waals surface area contributed by atoms with Gasteiger partial charge in [0.05, 0.1) is 28.4 Å². The van der Waals surface area contributed by atoms with Crippen molar-refractivity contribution in [2.45, 2.75) is 6.61 Å². The number of nitrogens with one attached hydrogen (secondary N) is 1. The minimum atomic E-state index is -0.933. The minimum Gasteiger partial charge on any atom is -0.486 e. The molecule has 0 aliphatic carbocycles. The zero-order chi connectivity index (χ0) is 26.7. The highest BCUT2D eigenvalue weighted by Crippen LogP contribution is 2.36. The molecule has 0 spiro atoms. The number of carbonyl (C=O) groups excluding carboxylic acids is 4. The molecule has 0 bridgehead atoms. The van der Waals surface area contributed by atoms with Gasteiger partial charge in [0.25, 0.3) is 11.8 Å². The van der Waals surface area contributed by atoms with Gasteiger partial charge in [0, 0.05) is 10.6 Å². The molecule has 4 rings (SSSR count). The number of nitrogens with zero attached hydrogens (tertiary/aromatic N) is 1. The highest BCUT2D eigenvalue weighted by atomic mass is 35.5. The number of imide groups is 2. The molecule has 3 aromatic rings. The maximum absolute atomic E-state index is 13.1. The third kappa shape index (κ3) is 5.61. The number of amides is 4. The van der Waals surface area contributed by atoms with Crippen molar-refractivity contribution in [3.8, 4) is 5.75 Å². The van der Waals surface area contributed by atoms with Gasteiger partial charge >= 0.3 is 12.0 Å². The van der Waals surface area contributed by atoms with Crippen LogP contribution in [-0.4, -0.2) is 30.9 Å². The van der Waals surface area contributed by atoms with Crippen molar-refractivity contribution in [3.63, 3.8) is 0 Å². The van der Waals surface area contributed by atoms with Gasteiger partial charge in [0.2, 0.25) is 0 Å². The molecule has 0 radical (unpaired) electrons. The molecule has 0 aromatic heterocycles. The molecule has 188 valence electrons. The molecule has 1 heterocycles. The molecule has 0 saturated carbocycles. The number of benzene rings is 3. The van der Waals surface area contributed by atoms with E-state index in [9.17, 15) is 19.2 Å². The summed E-state index contributed by atoms with van der Waals surface area (Å²) in [6, 6.07) is 14.7. The fraction of sp³-hybridized carbons (Fsp3) is 0.0769. The fourth-order valence-corrected chi connectivity index (χ4v) is 4.29. The quantitative estimate of drug-likeness (QED) is 0.237. The Morgan fingerprint density at radius 2 is 1.59 bits per heavy atom. The number of halogens is 3. The molecule has 4 amide bonds. The predicted molar refractivity (Wildman–Crippen MR) is 139 cm³/mol. The molecule has 37 heavy (non-hydrogen) atoms. The van der Waals surface area contributed by atoms with Crippen molar-refractivity contribution < 1.29 is 28.7 Å². The number of rotatable bonds is 6. The Balaban J connectivity index is 1.60. The molecule has 1 fully saturated rings. The summed E-state index contributed by atoms with van der Waals surface area (Å²) in [6.45, 7) is 0.117. The number of ether oxygens (including phenoxy) is 2.